The third kappa shape index (κ3) is 5.04. The number of benzene rings is 2. The van der Waals surface area contributed by atoms with Crippen LogP contribution < -0.4 is 0 Å². The van der Waals surface area contributed by atoms with E-state index in [1.54, 1.807) is 6.92 Å². The predicted molar refractivity (Wildman–Crippen MR) is 128 cm³/mol. The van der Waals surface area contributed by atoms with Crippen molar-refractivity contribution < 1.29 is 4.79 Å². The quantitative estimate of drug-likeness (QED) is 0.394. The lowest BCUT2D eigenvalue weighted by Crippen LogP contribution is -2.08. The van der Waals surface area contributed by atoms with Crippen LogP contribution in [0.4, 0.5) is 0 Å². The van der Waals surface area contributed by atoms with Crippen LogP contribution in [0.15, 0.2) is 48.0 Å². The number of hydrogen-bond donors (Lipinski definition) is 1. The molecule has 1 saturated carbocycles. The molecule has 2 unspecified atom stereocenters. The second-order valence-electron chi connectivity index (χ2n) is 8.71. The number of nitrogens with one attached hydrogen (secondary N) is 1. The van der Waals surface area contributed by atoms with Crippen molar-refractivity contribution in [3.05, 3.63) is 75.9 Å². The maximum absolute atomic E-state index is 13.1. The number of nitriles is 2. The molecular formula is C28H29N3O. The summed E-state index contributed by atoms with van der Waals surface area (Å²) in [5, 5.41) is 26.0. The lowest BCUT2D eigenvalue weighted by Gasteiger charge is -2.15. The molecule has 162 valence electrons. The van der Waals surface area contributed by atoms with E-state index in [0.717, 1.165) is 36.0 Å². The summed E-state index contributed by atoms with van der Waals surface area (Å²) >= 11 is 0. The normalized spacial score (nSPS) is 18.4. The first-order valence-corrected chi connectivity index (χ1v) is 11.2. The van der Waals surface area contributed by atoms with Crippen molar-refractivity contribution >= 4 is 17.1 Å². The van der Waals surface area contributed by atoms with Gasteiger partial charge in [0.2, 0.25) is 0 Å². The van der Waals surface area contributed by atoms with Crippen LogP contribution in [0.1, 0.15) is 84.5 Å². The average molecular weight is 424 g/mol. The fourth-order valence-electron chi connectivity index (χ4n) is 4.79. The molecule has 0 aromatic heterocycles. The summed E-state index contributed by atoms with van der Waals surface area (Å²) < 4.78 is 0. The van der Waals surface area contributed by atoms with Gasteiger partial charge in [0, 0.05) is 12.0 Å². The molecule has 1 aliphatic carbocycles. The van der Waals surface area contributed by atoms with Gasteiger partial charge in [-0.2, -0.15) is 10.5 Å². The Morgan fingerprint density at radius 3 is 2.47 bits per heavy atom. The van der Waals surface area contributed by atoms with Gasteiger partial charge < -0.3 is 0 Å². The minimum Gasteiger partial charge on any atom is -0.294 e. The zero-order valence-electron chi connectivity index (χ0n) is 19.0. The lowest BCUT2D eigenvalue weighted by atomic mass is 9.89. The van der Waals surface area contributed by atoms with Crippen molar-refractivity contribution in [3.63, 3.8) is 0 Å². The number of carbonyl (C=O) groups is 1. The second-order valence-corrected chi connectivity index (χ2v) is 8.71. The maximum Gasteiger partial charge on any atom is 0.163 e. The van der Waals surface area contributed by atoms with Crippen LogP contribution in [0.5, 0.6) is 0 Å². The largest absolute Gasteiger partial charge is 0.294 e. The summed E-state index contributed by atoms with van der Waals surface area (Å²) in [7, 11) is 0. The third-order valence-corrected chi connectivity index (χ3v) is 6.70. The average Bonchev–Trinajstić information content (AvgIpc) is 3.28. The Bertz CT molecular complexity index is 1140. The van der Waals surface area contributed by atoms with Gasteiger partial charge in [-0.15, -0.1) is 0 Å². The summed E-state index contributed by atoms with van der Waals surface area (Å²) in [6.07, 6.45) is 4.33. The third-order valence-electron chi connectivity index (χ3n) is 6.70. The highest BCUT2D eigenvalue weighted by Gasteiger charge is 2.28. The molecule has 0 aliphatic heterocycles. The van der Waals surface area contributed by atoms with Gasteiger partial charge in [0.1, 0.15) is 11.8 Å². The highest BCUT2D eigenvalue weighted by Crippen LogP contribution is 2.40. The van der Waals surface area contributed by atoms with E-state index in [-0.39, 0.29) is 11.5 Å². The molecule has 4 nitrogen and oxygen atoms in total. The highest BCUT2D eigenvalue weighted by atomic mass is 16.1. The number of nitrogens with zero attached hydrogens (tertiary/aromatic N) is 2. The highest BCUT2D eigenvalue weighted by molar-refractivity contribution is 6.13. The summed E-state index contributed by atoms with van der Waals surface area (Å²) in [5.41, 5.74) is 6.23. The van der Waals surface area contributed by atoms with Crippen molar-refractivity contribution in [2.24, 2.45) is 5.92 Å². The van der Waals surface area contributed by atoms with Crippen LogP contribution in [-0.4, -0.2) is 11.5 Å². The molecule has 3 rings (SSSR count). The molecular weight excluding hydrogens is 394 g/mol. The predicted octanol–water partition coefficient (Wildman–Crippen LogP) is 6.75. The molecule has 0 saturated heterocycles. The number of hydrogen-bond acceptors (Lipinski definition) is 4. The van der Waals surface area contributed by atoms with Gasteiger partial charge >= 0.3 is 0 Å². The van der Waals surface area contributed by atoms with Crippen LogP contribution in [0.25, 0.3) is 5.57 Å². The molecule has 1 aliphatic rings. The Morgan fingerprint density at radius 1 is 1.12 bits per heavy atom. The Labute approximate surface area is 190 Å². The van der Waals surface area contributed by atoms with Crippen molar-refractivity contribution in [3.8, 4) is 12.1 Å². The smallest absolute Gasteiger partial charge is 0.163 e. The molecule has 2 atom stereocenters. The summed E-state index contributed by atoms with van der Waals surface area (Å²) in [4.78, 5) is 13.1. The van der Waals surface area contributed by atoms with Crippen molar-refractivity contribution in [2.45, 2.75) is 58.8 Å². The topological polar surface area (TPSA) is 88.5 Å². The van der Waals surface area contributed by atoms with Gasteiger partial charge in [-0.1, -0.05) is 31.2 Å². The van der Waals surface area contributed by atoms with Crippen LogP contribution >= 0.6 is 0 Å². The van der Waals surface area contributed by atoms with Gasteiger partial charge in [-0.3, -0.25) is 10.2 Å². The van der Waals surface area contributed by atoms with E-state index in [2.05, 4.69) is 6.07 Å². The van der Waals surface area contributed by atoms with Crippen molar-refractivity contribution in [2.75, 3.05) is 0 Å². The van der Waals surface area contributed by atoms with Crippen molar-refractivity contribution in [1.29, 1.82) is 15.9 Å². The molecule has 4 heteroatoms. The first-order valence-electron chi connectivity index (χ1n) is 11.2. The fourth-order valence-corrected chi connectivity index (χ4v) is 4.79. The zero-order valence-corrected chi connectivity index (χ0v) is 19.0. The van der Waals surface area contributed by atoms with Gasteiger partial charge in [-0.05, 0) is 97.4 Å². The first-order chi connectivity index (χ1) is 15.4. The van der Waals surface area contributed by atoms with E-state index in [1.807, 2.05) is 62.4 Å². The monoisotopic (exact) mass is 423 g/mol. The number of carbonyl (C=O) groups excluding carboxylic acids is 1. The molecule has 0 amide bonds. The zero-order chi connectivity index (χ0) is 23.3. The van der Waals surface area contributed by atoms with Crippen LogP contribution in [0.2, 0.25) is 0 Å². The molecule has 1 N–H and O–H groups in total. The van der Waals surface area contributed by atoms with Crippen LogP contribution in [0.3, 0.4) is 0 Å². The SMILES string of the molecule is CC/C(=C(/C)C(=N)C#N)c1cc(C(=O)CC2CCC(c3ccc(C#N)cc3)C2)ccc1C. The van der Waals surface area contributed by atoms with E-state index in [0.29, 0.717) is 41.4 Å². The molecule has 0 spiro atoms. The second kappa shape index (κ2) is 10.2. The van der Waals surface area contributed by atoms with Gasteiger partial charge in [0.25, 0.3) is 0 Å². The van der Waals surface area contributed by atoms with E-state index in [9.17, 15) is 4.79 Å². The number of aryl methyl sites for hydroxylation is 1. The molecule has 0 radical (unpaired) electrons. The van der Waals surface area contributed by atoms with Crippen LogP contribution in [0, 0.1) is 40.9 Å². The minimum atomic E-state index is -0.0298. The maximum atomic E-state index is 13.1. The number of rotatable bonds is 7. The number of Topliss-reactive ketones (excluding diaryl/α,β-unsaturated/α-hetero) is 1. The molecule has 2 aromatic carbocycles. The number of allylic oxidation sites excluding steroid dienone is 2. The standard InChI is InChI=1S/C28H29N3O/c1-4-25(19(3)27(31)17-30)26-15-24(9-5-18(26)2)28(32)14-21-8-12-23(13-21)22-10-6-20(16-29)7-11-22/h5-7,9-11,15,21,23,31H,4,8,12-14H2,1-3H3/b25-19+,31-27?. The Morgan fingerprint density at radius 2 is 1.84 bits per heavy atom. The number of ketones is 1. The Kier molecular flexibility index (Phi) is 7.39. The van der Waals surface area contributed by atoms with E-state index >= 15 is 0 Å². The fraction of sp³-hybridized carbons (Fsp3) is 0.357. The van der Waals surface area contributed by atoms with E-state index < -0.39 is 0 Å². The lowest BCUT2D eigenvalue weighted by molar-refractivity contribution is 0.0962. The van der Waals surface area contributed by atoms with Gasteiger partial charge in [0.15, 0.2) is 5.78 Å². The van der Waals surface area contributed by atoms with E-state index in [1.165, 1.54) is 5.56 Å². The summed E-state index contributed by atoms with van der Waals surface area (Å²) in [6, 6.07) is 17.7. The van der Waals surface area contributed by atoms with Crippen LogP contribution in [-0.2, 0) is 0 Å². The minimum absolute atomic E-state index is 0.0298. The molecule has 0 bridgehead atoms. The van der Waals surface area contributed by atoms with Gasteiger partial charge in [0.05, 0.1) is 11.6 Å². The molecule has 32 heavy (non-hydrogen) atoms. The van der Waals surface area contributed by atoms with Crippen molar-refractivity contribution in [1.82, 2.24) is 0 Å². The molecule has 0 heterocycles. The summed E-state index contributed by atoms with van der Waals surface area (Å²) in [5.74, 6) is 0.964. The molecule has 1 fully saturated rings. The first kappa shape index (κ1) is 23.2. The van der Waals surface area contributed by atoms with Gasteiger partial charge in [-0.25, -0.2) is 0 Å². The Hall–Kier alpha value is -3.50. The Balaban J connectivity index is 1.75. The van der Waals surface area contributed by atoms with E-state index in [4.69, 9.17) is 15.9 Å². The molecule has 2 aromatic rings. The summed E-state index contributed by atoms with van der Waals surface area (Å²) in [6.45, 7) is 5.82.